The van der Waals surface area contributed by atoms with E-state index in [1.807, 2.05) is 24.3 Å². The number of H-pyrrole nitrogens is 1. The van der Waals surface area contributed by atoms with Crippen molar-refractivity contribution in [3.63, 3.8) is 0 Å². The van der Waals surface area contributed by atoms with E-state index in [9.17, 15) is 4.39 Å². The highest BCUT2D eigenvalue weighted by atomic mass is 19.1. The van der Waals surface area contributed by atoms with Crippen molar-refractivity contribution >= 4 is 21.7 Å². The molecule has 0 unspecified atom stereocenters. The third-order valence-corrected chi connectivity index (χ3v) is 5.11. The number of hydrogen-bond donors (Lipinski definition) is 2. The first-order valence-electron chi connectivity index (χ1n) is 9.29. The zero-order valence-electron chi connectivity index (χ0n) is 15.4. The number of fused-ring (bicyclic) bond motifs is 2. The molecule has 0 aliphatic rings. The van der Waals surface area contributed by atoms with Crippen molar-refractivity contribution in [1.29, 1.82) is 0 Å². The second-order valence-electron chi connectivity index (χ2n) is 6.79. The summed E-state index contributed by atoms with van der Waals surface area (Å²) in [6.07, 6.45) is 2.74. The van der Waals surface area contributed by atoms with Crippen LogP contribution in [0.15, 0.2) is 54.6 Å². The molecule has 4 heteroatoms. The van der Waals surface area contributed by atoms with E-state index < -0.39 is 0 Å². The van der Waals surface area contributed by atoms with E-state index in [-0.39, 0.29) is 5.82 Å². The van der Waals surface area contributed by atoms with Gasteiger partial charge in [-0.2, -0.15) is 0 Å². The van der Waals surface area contributed by atoms with Gasteiger partial charge in [0, 0.05) is 10.9 Å². The number of ether oxygens (including phenoxy) is 1. The van der Waals surface area contributed by atoms with Gasteiger partial charge in [0.25, 0.3) is 0 Å². The molecular weight excluding hydrogens is 339 g/mol. The largest absolute Gasteiger partial charge is 0.496 e. The van der Waals surface area contributed by atoms with Gasteiger partial charge in [-0.25, -0.2) is 4.39 Å². The standard InChI is InChI=1S/C23H23FN2O/c1-27-21-14-16-8-3-2-7-15(16)13-19(21)22-17(9-4-5-12-25)18-10-6-11-20(24)23(18)26-22/h2-3,6-8,10-11,13-14,26H,4-5,9,12,25H2,1H3. The van der Waals surface area contributed by atoms with E-state index in [1.54, 1.807) is 13.2 Å². The molecular formula is C23H23FN2O. The highest BCUT2D eigenvalue weighted by Gasteiger charge is 2.18. The van der Waals surface area contributed by atoms with E-state index >= 15 is 0 Å². The fourth-order valence-electron chi connectivity index (χ4n) is 3.76. The average Bonchev–Trinajstić information content (AvgIpc) is 3.07. The Morgan fingerprint density at radius 3 is 2.52 bits per heavy atom. The van der Waals surface area contributed by atoms with Gasteiger partial charge in [-0.3, -0.25) is 0 Å². The van der Waals surface area contributed by atoms with E-state index in [0.717, 1.165) is 58.0 Å². The van der Waals surface area contributed by atoms with Gasteiger partial charge < -0.3 is 15.5 Å². The number of hydrogen-bond acceptors (Lipinski definition) is 2. The molecule has 27 heavy (non-hydrogen) atoms. The van der Waals surface area contributed by atoms with Crippen LogP contribution in [0.3, 0.4) is 0 Å². The van der Waals surface area contributed by atoms with Gasteiger partial charge in [-0.05, 0) is 60.3 Å². The van der Waals surface area contributed by atoms with Gasteiger partial charge >= 0.3 is 0 Å². The Kier molecular flexibility index (Phi) is 4.82. The molecule has 0 fully saturated rings. The van der Waals surface area contributed by atoms with E-state index in [1.165, 1.54) is 6.07 Å². The molecule has 0 saturated heterocycles. The lowest BCUT2D eigenvalue weighted by molar-refractivity contribution is 0.417. The van der Waals surface area contributed by atoms with Gasteiger partial charge in [0.2, 0.25) is 0 Å². The summed E-state index contributed by atoms with van der Waals surface area (Å²) in [5.41, 5.74) is 9.22. The number of nitrogens with one attached hydrogen (secondary N) is 1. The number of aromatic amines is 1. The Morgan fingerprint density at radius 1 is 1.00 bits per heavy atom. The van der Waals surface area contributed by atoms with Crippen molar-refractivity contribution in [3.8, 4) is 17.0 Å². The molecule has 0 atom stereocenters. The molecule has 0 aliphatic carbocycles. The predicted octanol–water partition coefficient (Wildman–Crippen LogP) is 5.42. The Hall–Kier alpha value is -2.85. The van der Waals surface area contributed by atoms with E-state index in [4.69, 9.17) is 10.5 Å². The topological polar surface area (TPSA) is 51.0 Å². The second-order valence-corrected chi connectivity index (χ2v) is 6.79. The van der Waals surface area contributed by atoms with Crippen molar-refractivity contribution in [3.05, 3.63) is 66.0 Å². The Balaban J connectivity index is 1.96. The maximum atomic E-state index is 14.4. The van der Waals surface area contributed by atoms with E-state index in [2.05, 4.69) is 23.2 Å². The van der Waals surface area contributed by atoms with Crippen LogP contribution in [0.25, 0.3) is 32.9 Å². The highest BCUT2D eigenvalue weighted by Crippen LogP contribution is 2.39. The quantitative estimate of drug-likeness (QED) is 0.450. The zero-order valence-corrected chi connectivity index (χ0v) is 15.4. The van der Waals surface area contributed by atoms with Crippen LogP contribution in [0.2, 0.25) is 0 Å². The van der Waals surface area contributed by atoms with Gasteiger partial charge in [0.1, 0.15) is 11.6 Å². The lowest BCUT2D eigenvalue weighted by atomic mass is 9.97. The van der Waals surface area contributed by atoms with Crippen LogP contribution in [0, 0.1) is 5.82 Å². The van der Waals surface area contributed by atoms with Gasteiger partial charge in [0.05, 0.1) is 18.3 Å². The fourth-order valence-corrected chi connectivity index (χ4v) is 3.76. The molecule has 138 valence electrons. The van der Waals surface area contributed by atoms with Crippen molar-refractivity contribution in [2.45, 2.75) is 19.3 Å². The number of methoxy groups -OCH3 is 1. The molecule has 4 rings (SSSR count). The third-order valence-electron chi connectivity index (χ3n) is 5.11. The SMILES string of the molecule is COc1cc2ccccc2cc1-c1[nH]c2c(F)cccc2c1CCCCN. The van der Waals surface area contributed by atoms with Crippen LogP contribution in [-0.2, 0) is 6.42 Å². The number of para-hydroxylation sites is 1. The lowest BCUT2D eigenvalue weighted by Gasteiger charge is -2.12. The molecule has 3 aromatic carbocycles. The number of unbranched alkanes of at least 4 members (excludes halogenated alkanes) is 1. The summed E-state index contributed by atoms with van der Waals surface area (Å²) in [5, 5.41) is 3.17. The normalized spacial score (nSPS) is 11.4. The van der Waals surface area contributed by atoms with Crippen LogP contribution >= 0.6 is 0 Å². The fraction of sp³-hybridized carbons (Fsp3) is 0.217. The first-order chi connectivity index (χ1) is 13.2. The van der Waals surface area contributed by atoms with Crippen LogP contribution < -0.4 is 10.5 Å². The minimum Gasteiger partial charge on any atom is -0.496 e. The van der Waals surface area contributed by atoms with Crippen molar-refractivity contribution in [2.24, 2.45) is 5.73 Å². The molecule has 0 aliphatic heterocycles. The Bertz CT molecular complexity index is 1100. The molecule has 0 amide bonds. The lowest BCUT2D eigenvalue weighted by Crippen LogP contribution is -1.99. The summed E-state index contributed by atoms with van der Waals surface area (Å²) >= 11 is 0. The Labute approximate surface area is 158 Å². The first kappa shape index (κ1) is 17.6. The number of aryl methyl sites for hydroxylation is 1. The number of halogens is 1. The molecule has 0 bridgehead atoms. The Morgan fingerprint density at radius 2 is 1.78 bits per heavy atom. The summed E-state index contributed by atoms with van der Waals surface area (Å²) in [7, 11) is 1.67. The minimum atomic E-state index is -0.237. The summed E-state index contributed by atoms with van der Waals surface area (Å²) in [4.78, 5) is 3.33. The van der Waals surface area contributed by atoms with Crippen LogP contribution in [-0.4, -0.2) is 18.6 Å². The molecule has 0 spiro atoms. The molecule has 1 aromatic heterocycles. The van der Waals surface area contributed by atoms with Gasteiger partial charge in [-0.1, -0.05) is 36.4 Å². The predicted molar refractivity (Wildman–Crippen MR) is 110 cm³/mol. The maximum absolute atomic E-state index is 14.4. The summed E-state index contributed by atoms with van der Waals surface area (Å²) in [6, 6.07) is 17.6. The summed E-state index contributed by atoms with van der Waals surface area (Å²) in [5.74, 6) is 0.541. The number of aromatic nitrogens is 1. The minimum absolute atomic E-state index is 0.237. The highest BCUT2D eigenvalue weighted by molar-refractivity contribution is 5.96. The number of nitrogens with two attached hydrogens (primary N) is 1. The molecule has 3 N–H and O–H groups in total. The van der Waals surface area contributed by atoms with Crippen molar-refractivity contribution in [1.82, 2.24) is 4.98 Å². The first-order valence-corrected chi connectivity index (χ1v) is 9.29. The molecule has 0 saturated carbocycles. The van der Waals surface area contributed by atoms with Gasteiger partial charge in [0.15, 0.2) is 0 Å². The summed E-state index contributed by atoms with van der Waals surface area (Å²) < 4.78 is 20.1. The molecule has 0 radical (unpaired) electrons. The average molecular weight is 362 g/mol. The molecule has 4 aromatic rings. The molecule has 1 heterocycles. The summed E-state index contributed by atoms with van der Waals surface area (Å²) in [6.45, 7) is 0.658. The maximum Gasteiger partial charge on any atom is 0.147 e. The second kappa shape index (κ2) is 7.41. The third kappa shape index (κ3) is 3.17. The van der Waals surface area contributed by atoms with Crippen LogP contribution in [0.1, 0.15) is 18.4 Å². The smallest absolute Gasteiger partial charge is 0.147 e. The van der Waals surface area contributed by atoms with Crippen LogP contribution in [0.5, 0.6) is 5.75 Å². The monoisotopic (exact) mass is 362 g/mol. The van der Waals surface area contributed by atoms with Crippen molar-refractivity contribution < 1.29 is 9.13 Å². The molecule has 3 nitrogen and oxygen atoms in total. The van der Waals surface area contributed by atoms with Crippen molar-refractivity contribution in [2.75, 3.05) is 13.7 Å². The van der Waals surface area contributed by atoms with Crippen LogP contribution in [0.4, 0.5) is 4.39 Å². The van der Waals surface area contributed by atoms with E-state index in [0.29, 0.717) is 12.1 Å². The number of rotatable bonds is 6. The zero-order chi connectivity index (χ0) is 18.8. The number of benzene rings is 3. The van der Waals surface area contributed by atoms with Gasteiger partial charge in [-0.15, -0.1) is 0 Å².